The molecular formula is C13H16N2O2S. The van der Waals surface area contributed by atoms with Gasteiger partial charge >= 0.3 is 5.97 Å². The maximum atomic E-state index is 11.8. The van der Waals surface area contributed by atoms with Crippen molar-refractivity contribution in [1.82, 2.24) is 9.55 Å². The van der Waals surface area contributed by atoms with E-state index in [1.54, 1.807) is 6.20 Å². The van der Waals surface area contributed by atoms with Crippen LogP contribution in [0.1, 0.15) is 28.6 Å². The lowest BCUT2D eigenvalue weighted by Gasteiger charge is -2.07. The molecular weight excluding hydrogens is 248 g/mol. The van der Waals surface area contributed by atoms with Crippen molar-refractivity contribution in [3.63, 3.8) is 0 Å². The molecule has 18 heavy (non-hydrogen) atoms. The third kappa shape index (κ3) is 2.18. The third-order valence-electron chi connectivity index (χ3n) is 2.75. The summed E-state index contributed by atoms with van der Waals surface area (Å²) in [6, 6.07) is 0. The molecule has 96 valence electrons. The summed E-state index contributed by atoms with van der Waals surface area (Å²) < 4.78 is 6.89. The summed E-state index contributed by atoms with van der Waals surface area (Å²) >= 11 is 1.41. The standard InChI is InChI=1S/C13H16N2O2S/c1-4-6-15-7-5-14-12(15)10-9(2)8-18-11(10)13(16)17-3/h5,7-8H,4,6H2,1-3H3. The van der Waals surface area contributed by atoms with Gasteiger partial charge in [0.1, 0.15) is 10.7 Å². The zero-order valence-corrected chi connectivity index (χ0v) is 11.6. The van der Waals surface area contributed by atoms with Gasteiger partial charge in [-0.05, 0) is 24.3 Å². The first-order chi connectivity index (χ1) is 8.69. The quantitative estimate of drug-likeness (QED) is 0.797. The maximum absolute atomic E-state index is 11.8. The summed E-state index contributed by atoms with van der Waals surface area (Å²) in [5, 5.41) is 1.96. The average Bonchev–Trinajstić information content (AvgIpc) is 2.95. The van der Waals surface area contributed by atoms with Crippen molar-refractivity contribution in [2.75, 3.05) is 7.11 Å². The van der Waals surface area contributed by atoms with Crippen LogP contribution in [0.25, 0.3) is 11.4 Å². The first-order valence-corrected chi connectivity index (χ1v) is 6.74. The van der Waals surface area contributed by atoms with Gasteiger partial charge in [-0.3, -0.25) is 0 Å². The molecule has 0 fully saturated rings. The van der Waals surface area contributed by atoms with Gasteiger partial charge in [0.25, 0.3) is 0 Å². The minimum absolute atomic E-state index is 0.297. The molecule has 0 atom stereocenters. The van der Waals surface area contributed by atoms with Gasteiger partial charge in [-0.25, -0.2) is 9.78 Å². The van der Waals surface area contributed by atoms with Crippen LogP contribution in [0.5, 0.6) is 0 Å². The smallest absolute Gasteiger partial charge is 0.348 e. The molecule has 0 unspecified atom stereocenters. The Balaban J connectivity index is 2.52. The summed E-state index contributed by atoms with van der Waals surface area (Å²) in [5.74, 6) is 0.546. The van der Waals surface area contributed by atoms with Gasteiger partial charge in [-0.15, -0.1) is 11.3 Å². The molecule has 0 aliphatic carbocycles. The summed E-state index contributed by atoms with van der Waals surface area (Å²) in [6.45, 7) is 5.00. The number of thiophene rings is 1. The normalized spacial score (nSPS) is 10.6. The summed E-state index contributed by atoms with van der Waals surface area (Å²) in [5.41, 5.74) is 1.95. The topological polar surface area (TPSA) is 44.1 Å². The van der Waals surface area contributed by atoms with Crippen molar-refractivity contribution in [2.24, 2.45) is 0 Å². The summed E-state index contributed by atoms with van der Waals surface area (Å²) in [6.07, 6.45) is 4.74. The lowest BCUT2D eigenvalue weighted by molar-refractivity contribution is 0.0607. The monoisotopic (exact) mass is 264 g/mol. The van der Waals surface area contributed by atoms with Crippen LogP contribution in [0, 0.1) is 6.92 Å². The van der Waals surface area contributed by atoms with Crippen molar-refractivity contribution in [1.29, 1.82) is 0 Å². The molecule has 4 nitrogen and oxygen atoms in total. The molecule has 2 rings (SSSR count). The molecule has 0 spiro atoms. The van der Waals surface area contributed by atoms with Crippen LogP contribution >= 0.6 is 11.3 Å². The minimum Gasteiger partial charge on any atom is -0.465 e. The minimum atomic E-state index is -0.297. The highest BCUT2D eigenvalue weighted by Gasteiger charge is 2.21. The van der Waals surface area contributed by atoms with Crippen molar-refractivity contribution < 1.29 is 9.53 Å². The summed E-state index contributed by atoms with van der Waals surface area (Å²) in [4.78, 5) is 16.8. The van der Waals surface area contributed by atoms with E-state index < -0.39 is 0 Å². The highest BCUT2D eigenvalue weighted by Crippen LogP contribution is 2.32. The highest BCUT2D eigenvalue weighted by molar-refractivity contribution is 7.12. The molecule has 2 aromatic rings. The zero-order chi connectivity index (χ0) is 13.1. The van der Waals surface area contributed by atoms with Gasteiger partial charge in [0.15, 0.2) is 0 Å². The van der Waals surface area contributed by atoms with Gasteiger partial charge in [-0.2, -0.15) is 0 Å². The van der Waals surface area contributed by atoms with Gasteiger partial charge in [0.05, 0.1) is 7.11 Å². The Kier molecular flexibility index (Phi) is 3.81. The Bertz CT molecular complexity index is 557. The van der Waals surface area contributed by atoms with E-state index in [9.17, 15) is 4.79 Å². The maximum Gasteiger partial charge on any atom is 0.348 e. The van der Waals surface area contributed by atoms with Crippen LogP contribution in [-0.2, 0) is 11.3 Å². The van der Waals surface area contributed by atoms with Gasteiger partial charge in [-0.1, -0.05) is 6.92 Å². The number of aromatic nitrogens is 2. The van der Waals surface area contributed by atoms with Gasteiger partial charge in [0.2, 0.25) is 0 Å². The molecule has 0 N–H and O–H groups in total. The number of aryl methyl sites for hydroxylation is 2. The van der Waals surface area contributed by atoms with Crippen LogP contribution in [0.15, 0.2) is 17.8 Å². The Hall–Kier alpha value is -1.62. The average molecular weight is 264 g/mol. The van der Waals surface area contributed by atoms with Gasteiger partial charge < -0.3 is 9.30 Å². The number of ether oxygens (including phenoxy) is 1. The number of hydrogen-bond donors (Lipinski definition) is 0. The molecule has 0 aliphatic rings. The zero-order valence-electron chi connectivity index (χ0n) is 10.8. The third-order valence-corrected chi connectivity index (χ3v) is 3.83. The molecule has 0 aliphatic heterocycles. The molecule has 0 saturated heterocycles. The predicted molar refractivity (Wildman–Crippen MR) is 71.9 cm³/mol. The number of nitrogens with zero attached hydrogens (tertiary/aromatic N) is 2. The van der Waals surface area contributed by atoms with Crippen molar-refractivity contribution >= 4 is 17.3 Å². The van der Waals surface area contributed by atoms with Crippen LogP contribution in [-0.4, -0.2) is 22.6 Å². The van der Waals surface area contributed by atoms with E-state index >= 15 is 0 Å². The second-order valence-electron chi connectivity index (χ2n) is 4.06. The highest BCUT2D eigenvalue weighted by atomic mass is 32.1. The first-order valence-electron chi connectivity index (χ1n) is 5.87. The Morgan fingerprint density at radius 1 is 1.56 bits per heavy atom. The predicted octanol–water partition coefficient (Wildman–Crippen LogP) is 3.12. The molecule has 0 aromatic carbocycles. The van der Waals surface area contributed by atoms with Crippen LogP contribution < -0.4 is 0 Å². The number of esters is 1. The molecule has 2 aromatic heterocycles. The number of methoxy groups -OCH3 is 1. The van der Waals surface area contributed by atoms with E-state index in [4.69, 9.17) is 4.74 Å². The number of carbonyl (C=O) groups excluding carboxylic acids is 1. The van der Waals surface area contributed by atoms with E-state index in [1.165, 1.54) is 18.4 Å². The van der Waals surface area contributed by atoms with Crippen molar-refractivity contribution in [3.8, 4) is 11.4 Å². The Labute approximate surface area is 110 Å². The Morgan fingerprint density at radius 3 is 3.00 bits per heavy atom. The lowest BCUT2D eigenvalue weighted by atomic mass is 10.1. The fourth-order valence-electron chi connectivity index (χ4n) is 1.92. The molecule has 0 amide bonds. The van der Waals surface area contributed by atoms with Gasteiger partial charge in [0, 0.05) is 24.5 Å². The SMILES string of the molecule is CCCn1ccnc1-c1c(C)csc1C(=O)OC. The molecule has 0 saturated carbocycles. The van der Waals surface area contributed by atoms with Crippen LogP contribution in [0.3, 0.4) is 0 Å². The van der Waals surface area contributed by atoms with Crippen LogP contribution in [0.2, 0.25) is 0 Å². The number of hydrogen-bond acceptors (Lipinski definition) is 4. The van der Waals surface area contributed by atoms with E-state index in [0.29, 0.717) is 4.88 Å². The van der Waals surface area contributed by atoms with E-state index in [2.05, 4.69) is 16.5 Å². The van der Waals surface area contributed by atoms with E-state index in [-0.39, 0.29) is 5.97 Å². The number of carbonyl (C=O) groups is 1. The van der Waals surface area contributed by atoms with E-state index in [1.807, 2.05) is 18.5 Å². The van der Waals surface area contributed by atoms with Crippen molar-refractivity contribution in [2.45, 2.75) is 26.8 Å². The van der Waals surface area contributed by atoms with E-state index in [0.717, 1.165) is 29.9 Å². The largest absolute Gasteiger partial charge is 0.465 e. The first kappa shape index (κ1) is 12.8. The fourth-order valence-corrected chi connectivity index (χ4v) is 2.89. The fraction of sp³-hybridized carbons (Fsp3) is 0.385. The lowest BCUT2D eigenvalue weighted by Crippen LogP contribution is -2.04. The Morgan fingerprint density at radius 2 is 2.33 bits per heavy atom. The van der Waals surface area contributed by atoms with Crippen molar-refractivity contribution in [3.05, 3.63) is 28.2 Å². The molecule has 0 bridgehead atoms. The number of imidazole rings is 1. The molecule has 0 radical (unpaired) electrons. The molecule has 5 heteroatoms. The summed E-state index contributed by atoms with van der Waals surface area (Å²) in [7, 11) is 1.40. The van der Waals surface area contributed by atoms with Crippen LogP contribution in [0.4, 0.5) is 0 Å². The number of rotatable bonds is 4. The second kappa shape index (κ2) is 5.35. The molecule has 2 heterocycles. The second-order valence-corrected chi connectivity index (χ2v) is 4.94.